The van der Waals surface area contributed by atoms with Crippen LogP contribution in [0.25, 0.3) is 10.2 Å². The Bertz CT molecular complexity index is 1060. The van der Waals surface area contributed by atoms with Gasteiger partial charge in [0.2, 0.25) is 5.91 Å². The van der Waals surface area contributed by atoms with E-state index in [9.17, 15) is 9.59 Å². The zero-order chi connectivity index (χ0) is 22.7. The summed E-state index contributed by atoms with van der Waals surface area (Å²) in [6.45, 7) is 5.44. The van der Waals surface area contributed by atoms with Crippen LogP contribution < -0.4 is 5.32 Å². The van der Waals surface area contributed by atoms with Gasteiger partial charge in [-0.3, -0.25) is 9.59 Å². The molecular formula is C25H28ClN3O2S. The maximum atomic E-state index is 13.4. The molecule has 32 heavy (non-hydrogen) atoms. The number of carbonyl (C=O) groups excluding carboxylic acids is 2. The highest BCUT2D eigenvalue weighted by atomic mass is 35.5. The third kappa shape index (κ3) is 4.97. The number of fused-ring (bicyclic) bond motifs is 1. The lowest BCUT2D eigenvalue weighted by Gasteiger charge is -2.36. The average molecular weight is 470 g/mol. The molecule has 1 fully saturated rings. The number of piperidine rings is 1. The van der Waals surface area contributed by atoms with E-state index in [1.54, 1.807) is 0 Å². The van der Waals surface area contributed by atoms with Crippen molar-refractivity contribution in [1.29, 1.82) is 0 Å². The van der Waals surface area contributed by atoms with Gasteiger partial charge < -0.3 is 10.2 Å². The van der Waals surface area contributed by atoms with Crippen molar-refractivity contribution < 1.29 is 9.59 Å². The molecule has 1 aromatic heterocycles. The number of aromatic nitrogens is 1. The fourth-order valence-electron chi connectivity index (χ4n) is 4.22. The van der Waals surface area contributed by atoms with Crippen LogP contribution in [0, 0.1) is 5.92 Å². The third-order valence-corrected chi connectivity index (χ3v) is 7.69. The van der Waals surface area contributed by atoms with E-state index < -0.39 is 6.04 Å². The molecule has 0 radical (unpaired) electrons. The number of hydrogen-bond acceptors (Lipinski definition) is 4. The van der Waals surface area contributed by atoms with E-state index in [0.717, 1.165) is 34.5 Å². The van der Waals surface area contributed by atoms with Crippen LogP contribution in [0.4, 0.5) is 0 Å². The van der Waals surface area contributed by atoms with Crippen LogP contribution in [0.5, 0.6) is 0 Å². The molecule has 2 aromatic carbocycles. The standard InChI is InChI=1S/C25H28ClN3O2S/c1-3-16(2)22(28-23(30)24-27-20-6-4-5-7-21(20)32-24)25(31)29-14-12-18(13-15-29)17-8-10-19(26)11-9-17/h4-11,16,18,22H,3,12-15H2,1-2H3,(H,28,30)/t16?,22-/m1/s1. The number of para-hydroxylation sites is 1. The summed E-state index contributed by atoms with van der Waals surface area (Å²) in [5.41, 5.74) is 2.07. The van der Waals surface area contributed by atoms with Crippen molar-refractivity contribution in [2.75, 3.05) is 13.1 Å². The number of nitrogens with one attached hydrogen (secondary N) is 1. The van der Waals surface area contributed by atoms with Gasteiger partial charge in [0.25, 0.3) is 5.91 Å². The minimum Gasteiger partial charge on any atom is -0.341 e. The smallest absolute Gasteiger partial charge is 0.280 e. The molecule has 2 amide bonds. The van der Waals surface area contributed by atoms with Crippen molar-refractivity contribution in [3.63, 3.8) is 0 Å². The number of likely N-dealkylation sites (tertiary alicyclic amines) is 1. The van der Waals surface area contributed by atoms with Gasteiger partial charge in [0.05, 0.1) is 10.2 Å². The molecule has 0 spiro atoms. The van der Waals surface area contributed by atoms with Gasteiger partial charge in [-0.15, -0.1) is 11.3 Å². The average Bonchev–Trinajstić information content (AvgIpc) is 3.27. The maximum absolute atomic E-state index is 13.4. The summed E-state index contributed by atoms with van der Waals surface area (Å²) in [6.07, 6.45) is 2.62. The second-order valence-corrected chi connectivity index (χ2v) is 9.94. The highest BCUT2D eigenvalue weighted by molar-refractivity contribution is 7.20. The van der Waals surface area contributed by atoms with E-state index in [-0.39, 0.29) is 17.7 Å². The first-order valence-electron chi connectivity index (χ1n) is 11.2. The van der Waals surface area contributed by atoms with Crippen LogP contribution in [-0.2, 0) is 4.79 Å². The van der Waals surface area contributed by atoms with Crippen LogP contribution in [0.1, 0.15) is 54.4 Å². The van der Waals surface area contributed by atoms with E-state index in [4.69, 9.17) is 11.6 Å². The molecular weight excluding hydrogens is 442 g/mol. The molecule has 4 rings (SSSR count). The van der Waals surface area contributed by atoms with E-state index in [1.165, 1.54) is 16.9 Å². The van der Waals surface area contributed by atoms with Crippen LogP contribution in [0.15, 0.2) is 48.5 Å². The van der Waals surface area contributed by atoms with Crippen molar-refractivity contribution in [3.05, 3.63) is 64.1 Å². The van der Waals surface area contributed by atoms with Gasteiger partial charge in [0, 0.05) is 18.1 Å². The van der Waals surface area contributed by atoms with Crippen LogP contribution in [0.2, 0.25) is 5.02 Å². The van der Waals surface area contributed by atoms with Crippen LogP contribution in [0.3, 0.4) is 0 Å². The Balaban J connectivity index is 1.43. The summed E-state index contributed by atoms with van der Waals surface area (Å²) < 4.78 is 0.966. The highest BCUT2D eigenvalue weighted by Crippen LogP contribution is 2.30. The largest absolute Gasteiger partial charge is 0.341 e. The van der Waals surface area contributed by atoms with Gasteiger partial charge >= 0.3 is 0 Å². The van der Waals surface area contributed by atoms with Crippen molar-refractivity contribution in [1.82, 2.24) is 15.2 Å². The van der Waals surface area contributed by atoms with E-state index >= 15 is 0 Å². The van der Waals surface area contributed by atoms with Gasteiger partial charge in [-0.05, 0) is 54.5 Å². The molecule has 1 aliphatic heterocycles. The predicted octanol–water partition coefficient (Wildman–Crippen LogP) is 5.50. The lowest BCUT2D eigenvalue weighted by Crippen LogP contribution is -2.53. The number of thiazole rings is 1. The predicted molar refractivity (Wildman–Crippen MR) is 130 cm³/mol. The number of hydrogen-bond donors (Lipinski definition) is 1. The molecule has 1 unspecified atom stereocenters. The van der Waals surface area contributed by atoms with Crippen molar-refractivity contribution in [2.45, 2.75) is 45.1 Å². The normalized spacial score (nSPS) is 16.7. The summed E-state index contributed by atoms with van der Waals surface area (Å²) in [5.74, 6) is 0.190. The Kier molecular flexibility index (Phi) is 7.11. The Morgan fingerprint density at radius 3 is 2.50 bits per heavy atom. The summed E-state index contributed by atoms with van der Waals surface area (Å²) in [7, 11) is 0. The number of nitrogens with zero attached hydrogens (tertiary/aromatic N) is 2. The number of amides is 2. The van der Waals surface area contributed by atoms with Gasteiger partial charge in [-0.1, -0.05) is 56.1 Å². The first-order valence-corrected chi connectivity index (χ1v) is 12.4. The molecule has 1 N–H and O–H groups in total. The lowest BCUT2D eigenvalue weighted by atomic mass is 9.88. The van der Waals surface area contributed by atoms with Crippen LogP contribution >= 0.6 is 22.9 Å². The third-order valence-electron chi connectivity index (χ3n) is 6.40. The Morgan fingerprint density at radius 1 is 1.16 bits per heavy atom. The topological polar surface area (TPSA) is 62.3 Å². The first kappa shape index (κ1) is 22.7. The van der Waals surface area contributed by atoms with Gasteiger partial charge in [0.15, 0.2) is 5.01 Å². The molecule has 1 aliphatic rings. The van der Waals surface area contributed by atoms with Crippen molar-refractivity contribution in [3.8, 4) is 0 Å². The Labute approximate surface area is 197 Å². The molecule has 5 nitrogen and oxygen atoms in total. The number of rotatable bonds is 6. The molecule has 0 bridgehead atoms. The quantitative estimate of drug-likeness (QED) is 0.518. The van der Waals surface area contributed by atoms with E-state index in [2.05, 4.69) is 22.4 Å². The zero-order valence-corrected chi connectivity index (χ0v) is 20.0. The van der Waals surface area contributed by atoms with Gasteiger partial charge in [-0.25, -0.2) is 4.98 Å². The maximum Gasteiger partial charge on any atom is 0.280 e. The van der Waals surface area contributed by atoms with Gasteiger partial charge in [0.1, 0.15) is 6.04 Å². The fourth-order valence-corrected chi connectivity index (χ4v) is 5.22. The lowest BCUT2D eigenvalue weighted by molar-refractivity contribution is -0.135. The molecule has 2 heterocycles. The second kappa shape index (κ2) is 10.0. The number of benzene rings is 2. The molecule has 0 aliphatic carbocycles. The summed E-state index contributed by atoms with van der Waals surface area (Å²) in [4.78, 5) is 32.7. The first-order chi connectivity index (χ1) is 15.5. The molecule has 1 saturated heterocycles. The molecule has 3 aromatic rings. The molecule has 168 valence electrons. The molecule has 2 atom stereocenters. The monoisotopic (exact) mass is 469 g/mol. The molecule has 0 saturated carbocycles. The fraction of sp³-hybridized carbons (Fsp3) is 0.400. The minimum absolute atomic E-state index is 0.00312. The SMILES string of the molecule is CCC(C)[C@@H](NC(=O)c1nc2ccccc2s1)C(=O)N1CCC(c2ccc(Cl)cc2)CC1. The number of carbonyl (C=O) groups is 2. The zero-order valence-electron chi connectivity index (χ0n) is 18.4. The van der Waals surface area contributed by atoms with E-state index in [0.29, 0.717) is 24.0 Å². The summed E-state index contributed by atoms with van der Waals surface area (Å²) in [6, 6.07) is 15.1. The van der Waals surface area contributed by atoms with Crippen molar-refractivity contribution >= 4 is 45.0 Å². The number of halogens is 1. The highest BCUT2D eigenvalue weighted by Gasteiger charge is 2.33. The van der Waals surface area contributed by atoms with Gasteiger partial charge in [-0.2, -0.15) is 0 Å². The summed E-state index contributed by atoms with van der Waals surface area (Å²) in [5, 5.41) is 4.13. The Hall–Kier alpha value is -2.44. The Morgan fingerprint density at radius 2 is 1.84 bits per heavy atom. The van der Waals surface area contributed by atoms with Crippen molar-refractivity contribution in [2.24, 2.45) is 5.92 Å². The molecule has 7 heteroatoms. The minimum atomic E-state index is -0.549. The second-order valence-electron chi connectivity index (χ2n) is 8.47. The van der Waals surface area contributed by atoms with E-state index in [1.807, 2.05) is 55.1 Å². The van der Waals surface area contributed by atoms with Crippen LogP contribution in [-0.4, -0.2) is 40.8 Å². The summed E-state index contributed by atoms with van der Waals surface area (Å²) >= 11 is 7.37.